The highest BCUT2D eigenvalue weighted by molar-refractivity contribution is 5.87. The van der Waals surface area contributed by atoms with Crippen molar-refractivity contribution < 1.29 is 14.3 Å². The molecule has 0 spiro atoms. The topological polar surface area (TPSA) is 55.4 Å². The van der Waals surface area contributed by atoms with Gasteiger partial charge in [0.2, 0.25) is 5.91 Å². The van der Waals surface area contributed by atoms with Crippen molar-refractivity contribution in [1.29, 1.82) is 0 Å². The van der Waals surface area contributed by atoms with Gasteiger partial charge < -0.3 is 10.1 Å². The van der Waals surface area contributed by atoms with Crippen LogP contribution in [0, 0.1) is 0 Å². The second-order valence-corrected chi connectivity index (χ2v) is 8.82. The molecular formula is C26H47NO3. The molecule has 1 saturated heterocycles. The van der Waals surface area contributed by atoms with Crippen LogP contribution in [0.4, 0.5) is 0 Å². The van der Waals surface area contributed by atoms with Crippen molar-refractivity contribution in [2.45, 2.75) is 135 Å². The highest BCUT2D eigenvalue weighted by atomic mass is 16.5. The summed E-state index contributed by atoms with van der Waals surface area (Å²) < 4.78 is 5.24. The van der Waals surface area contributed by atoms with Crippen molar-refractivity contribution in [3.8, 4) is 0 Å². The molecule has 1 amide bonds. The predicted octanol–water partition coefficient (Wildman–Crippen LogP) is 7.02. The highest BCUT2D eigenvalue weighted by Crippen LogP contribution is 2.12. The van der Waals surface area contributed by atoms with Crippen molar-refractivity contribution in [2.75, 3.05) is 6.61 Å². The van der Waals surface area contributed by atoms with Crippen molar-refractivity contribution in [2.24, 2.45) is 0 Å². The number of hydrogen-bond acceptors (Lipinski definition) is 3. The van der Waals surface area contributed by atoms with E-state index in [1.54, 1.807) is 0 Å². The zero-order valence-electron chi connectivity index (χ0n) is 19.6. The van der Waals surface area contributed by atoms with Gasteiger partial charge in [0.15, 0.2) is 0 Å². The van der Waals surface area contributed by atoms with Gasteiger partial charge in [0.05, 0.1) is 6.61 Å². The van der Waals surface area contributed by atoms with E-state index in [1.807, 2.05) is 0 Å². The van der Waals surface area contributed by atoms with Gasteiger partial charge in [-0.15, -0.1) is 0 Å². The van der Waals surface area contributed by atoms with Gasteiger partial charge >= 0.3 is 5.97 Å². The summed E-state index contributed by atoms with van der Waals surface area (Å²) in [4.78, 5) is 22.8. The average Bonchev–Trinajstić information content (AvgIpc) is 3.18. The fraction of sp³-hybridized carbons (Fsp3) is 0.846. The van der Waals surface area contributed by atoms with Crippen molar-refractivity contribution in [3.63, 3.8) is 0 Å². The number of rotatable bonds is 20. The summed E-state index contributed by atoms with van der Waals surface area (Å²) in [5, 5.41) is 2.65. The van der Waals surface area contributed by atoms with Crippen molar-refractivity contribution >= 4 is 11.9 Å². The zero-order valence-corrected chi connectivity index (χ0v) is 19.6. The van der Waals surface area contributed by atoms with E-state index in [2.05, 4.69) is 24.4 Å². The van der Waals surface area contributed by atoms with Gasteiger partial charge in [-0.05, 0) is 38.5 Å². The maximum absolute atomic E-state index is 11.7. The van der Waals surface area contributed by atoms with Gasteiger partial charge in [-0.25, -0.2) is 4.79 Å². The number of nitrogens with one attached hydrogen (secondary N) is 1. The Morgan fingerprint density at radius 2 is 1.33 bits per heavy atom. The molecule has 1 atom stereocenters. The minimum Gasteiger partial charge on any atom is -0.464 e. The molecule has 0 aromatic rings. The molecule has 0 aliphatic carbocycles. The number of hydrogen-bond donors (Lipinski definition) is 1. The fourth-order valence-corrected chi connectivity index (χ4v) is 3.94. The summed E-state index contributed by atoms with van der Waals surface area (Å²) in [6.07, 6.45) is 27.9. The Morgan fingerprint density at radius 1 is 0.833 bits per heavy atom. The summed E-state index contributed by atoms with van der Waals surface area (Å²) >= 11 is 0. The maximum atomic E-state index is 11.7. The largest absolute Gasteiger partial charge is 0.464 e. The summed E-state index contributed by atoms with van der Waals surface area (Å²) in [5.74, 6) is -0.315. The standard InChI is InChI=1S/C26H47NO3/c1-2-3-4-5-6-7-8-9-10-11-12-13-14-15-16-17-18-19-20-23-30-26(29)24-21-22-25(28)27-24/h12-13,24H,2-11,14-23H2,1H3,(H,27,28)/b13-12+/t24-/m0/s1. The molecule has 4 nitrogen and oxygen atoms in total. The SMILES string of the molecule is CCCCCCCCCCC/C=C/CCCCCCCCOC(=O)[C@@H]1CCC(=O)N1. The van der Waals surface area contributed by atoms with Crippen LogP contribution in [0.3, 0.4) is 0 Å². The van der Waals surface area contributed by atoms with Crippen LogP contribution in [0.25, 0.3) is 0 Å². The fourth-order valence-electron chi connectivity index (χ4n) is 3.94. The van der Waals surface area contributed by atoms with Crippen LogP contribution < -0.4 is 5.32 Å². The van der Waals surface area contributed by atoms with E-state index in [0.29, 0.717) is 19.4 Å². The molecule has 0 bridgehead atoms. The number of amides is 1. The van der Waals surface area contributed by atoms with E-state index in [4.69, 9.17) is 4.74 Å². The van der Waals surface area contributed by atoms with E-state index in [-0.39, 0.29) is 11.9 Å². The Bertz CT molecular complexity index is 461. The Kier molecular flexibility index (Phi) is 17.5. The number of ether oxygens (including phenoxy) is 1. The first-order valence-corrected chi connectivity index (χ1v) is 12.8. The monoisotopic (exact) mass is 421 g/mol. The first-order valence-electron chi connectivity index (χ1n) is 12.8. The summed E-state index contributed by atoms with van der Waals surface area (Å²) in [6, 6.07) is -0.411. The van der Waals surface area contributed by atoms with Gasteiger partial charge in [0.1, 0.15) is 6.04 Å². The Balaban J connectivity index is 1.74. The minimum absolute atomic E-state index is 0.0460. The molecule has 1 rings (SSSR count). The molecule has 174 valence electrons. The van der Waals surface area contributed by atoms with Gasteiger partial charge in [0, 0.05) is 6.42 Å². The highest BCUT2D eigenvalue weighted by Gasteiger charge is 2.28. The van der Waals surface area contributed by atoms with Crippen molar-refractivity contribution in [1.82, 2.24) is 5.32 Å². The summed E-state index contributed by atoms with van der Waals surface area (Å²) in [6.45, 7) is 2.76. The lowest BCUT2D eigenvalue weighted by Gasteiger charge is -2.09. The van der Waals surface area contributed by atoms with Crippen LogP contribution in [0.15, 0.2) is 12.2 Å². The third-order valence-electron chi connectivity index (χ3n) is 5.93. The number of carbonyl (C=O) groups is 2. The third kappa shape index (κ3) is 15.5. The molecule has 30 heavy (non-hydrogen) atoms. The van der Waals surface area contributed by atoms with Crippen LogP contribution in [-0.4, -0.2) is 24.5 Å². The lowest BCUT2D eigenvalue weighted by molar-refractivity contribution is -0.146. The van der Waals surface area contributed by atoms with E-state index in [9.17, 15) is 9.59 Å². The molecule has 0 aromatic heterocycles. The number of unbranched alkanes of at least 4 members (excludes halogenated alkanes) is 15. The Hall–Kier alpha value is -1.32. The first-order chi connectivity index (χ1) is 14.7. The molecular weight excluding hydrogens is 374 g/mol. The van der Waals surface area contributed by atoms with E-state index in [1.165, 1.54) is 96.3 Å². The molecule has 1 N–H and O–H groups in total. The predicted molar refractivity (Wildman–Crippen MR) is 125 cm³/mol. The van der Waals surface area contributed by atoms with Crippen LogP contribution in [0.2, 0.25) is 0 Å². The number of esters is 1. The van der Waals surface area contributed by atoms with Gasteiger partial charge in [-0.1, -0.05) is 96.1 Å². The maximum Gasteiger partial charge on any atom is 0.328 e. The van der Waals surface area contributed by atoms with E-state index >= 15 is 0 Å². The average molecular weight is 422 g/mol. The second kappa shape index (κ2) is 19.6. The molecule has 1 heterocycles. The van der Waals surface area contributed by atoms with Crippen LogP contribution >= 0.6 is 0 Å². The number of carbonyl (C=O) groups excluding carboxylic acids is 2. The van der Waals surface area contributed by atoms with Crippen LogP contribution in [0.5, 0.6) is 0 Å². The normalized spacial score (nSPS) is 16.3. The Morgan fingerprint density at radius 3 is 1.83 bits per heavy atom. The summed E-state index contributed by atoms with van der Waals surface area (Å²) in [7, 11) is 0. The first kappa shape index (κ1) is 26.7. The Labute approximate surface area is 185 Å². The molecule has 0 saturated carbocycles. The smallest absolute Gasteiger partial charge is 0.328 e. The van der Waals surface area contributed by atoms with Crippen LogP contribution in [-0.2, 0) is 14.3 Å². The summed E-state index contributed by atoms with van der Waals surface area (Å²) in [5.41, 5.74) is 0. The minimum atomic E-state index is -0.411. The van der Waals surface area contributed by atoms with Crippen molar-refractivity contribution in [3.05, 3.63) is 12.2 Å². The van der Waals surface area contributed by atoms with Gasteiger partial charge in [-0.3, -0.25) is 4.79 Å². The number of allylic oxidation sites excluding steroid dienone is 2. The quantitative estimate of drug-likeness (QED) is 0.131. The molecule has 0 radical (unpaired) electrons. The zero-order chi connectivity index (χ0) is 21.7. The van der Waals surface area contributed by atoms with E-state index in [0.717, 1.165) is 12.8 Å². The lowest BCUT2D eigenvalue weighted by atomic mass is 10.1. The molecule has 1 aliphatic heterocycles. The molecule has 0 aromatic carbocycles. The van der Waals surface area contributed by atoms with Crippen LogP contribution in [0.1, 0.15) is 129 Å². The molecule has 1 aliphatic rings. The molecule has 1 fully saturated rings. The third-order valence-corrected chi connectivity index (χ3v) is 5.93. The second-order valence-electron chi connectivity index (χ2n) is 8.82. The van der Waals surface area contributed by atoms with Gasteiger partial charge in [-0.2, -0.15) is 0 Å². The lowest BCUT2D eigenvalue weighted by Crippen LogP contribution is -2.34. The molecule has 0 unspecified atom stereocenters. The molecule has 4 heteroatoms. The van der Waals surface area contributed by atoms with Gasteiger partial charge in [0.25, 0.3) is 0 Å². The van der Waals surface area contributed by atoms with E-state index < -0.39 is 6.04 Å².